The van der Waals surface area contributed by atoms with E-state index in [-0.39, 0.29) is 18.2 Å². The lowest BCUT2D eigenvalue weighted by atomic mass is 10.1. The van der Waals surface area contributed by atoms with Gasteiger partial charge in [0.25, 0.3) is 0 Å². The monoisotopic (exact) mass is 319 g/mol. The number of para-hydroxylation sites is 2. The molecule has 23 heavy (non-hydrogen) atoms. The number of benzene rings is 1. The van der Waals surface area contributed by atoms with Crippen LogP contribution in [0.1, 0.15) is 47.0 Å². The first-order chi connectivity index (χ1) is 10.8. The highest BCUT2D eigenvalue weighted by atomic mass is 16.6. The zero-order chi connectivity index (χ0) is 17.0. The average Bonchev–Trinajstić information content (AvgIpc) is 2.87. The summed E-state index contributed by atoms with van der Waals surface area (Å²) in [6.45, 7) is 8.60. The Kier molecular flexibility index (Phi) is 5.39. The third-order valence-electron chi connectivity index (χ3n) is 3.99. The van der Waals surface area contributed by atoms with Crippen LogP contribution in [-0.4, -0.2) is 35.2 Å². The summed E-state index contributed by atoms with van der Waals surface area (Å²) in [5, 5.41) is 3.44. The molecule has 1 aliphatic rings. The van der Waals surface area contributed by atoms with Crippen LogP contribution in [0.2, 0.25) is 0 Å². The van der Waals surface area contributed by atoms with E-state index < -0.39 is 5.60 Å². The van der Waals surface area contributed by atoms with Crippen molar-refractivity contribution in [3.63, 3.8) is 0 Å². The number of amides is 1. The van der Waals surface area contributed by atoms with Gasteiger partial charge in [-0.3, -0.25) is 0 Å². The molecule has 1 saturated heterocycles. The van der Waals surface area contributed by atoms with Crippen LogP contribution < -0.4 is 11.1 Å². The molecule has 0 radical (unpaired) electrons. The second-order valence-corrected chi connectivity index (χ2v) is 7.34. The SMILES string of the molecule is C[C@@H](C[C@@H]1CCCN1C(=O)OC(C)(C)C)Nc1ccccc1N. The fourth-order valence-corrected chi connectivity index (χ4v) is 3.00. The molecule has 128 valence electrons. The maximum Gasteiger partial charge on any atom is 0.410 e. The van der Waals surface area contributed by atoms with Gasteiger partial charge in [-0.2, -0.15) is 0 Å². The molecule has 5 nitrogen and oxygen atoms in total. The van der Waals surface area contributed by atoms with Crippen molar-refractivity contribution < 1.29 is 9.53 Å². The molecule has 0 aliphatic carbocycles. The second kappa shape index (κ2) is 7.11. The summed E-state index contributed by atoms with van der Waals surface area (Å²) >= 11 is 0. The first-order valence-electron chi connectivity index (χ1n) is 8.37. The van der Waals surface area contributed by atoms with E-state index in [0.29, 0.717) is 0 Å². The number of nitrogens with zero attached hydrogens (tertiary/aromatic N) is 1. The number of hydrogen-bond donors (Lipinski definition) is 2. The molecule has 2 atom stereocenters. The Balaban J connectivity index is 1.93. The van der Waals surface area contributed by atoms with E-state index >= 15 is 0 Å². The number of nitrogens with one attached hydrogen (secondary N) is 1. The molecular weight excluding hydrogens is 290 g/mol. The number of nitrogen functional groups attached to an aromatic ring is 1. The predicted molar refractivity (Wildman–Crippen MR) is 94.5 cm³/mol. The van der Waals surface area contributed by atoms with Gasteiger partial charge in [-0.25, -0.2) is 4.79 Å². The normalized spacial score (nSPS) is 19.5. The number of rotatable bonds is 4. The van der Waals surface area contributed by atoms with Crippen LogP contribution in [0.3, 0.4) is 0 Å². The van der Waals surface area contributed by atoms with Gasteiger partial charge in [0.1, 0.15) is 5.60 Å². The van der Waals surface area contributed by atoms with Crippen LogP contribution in [0.25, 0.3) is 0 Å². The summed E-state index contributed by atoms with van der Waals surface area (Å²) in [5.41, 5.74) is 7.21. The van der Waals surface area contributed by atoms with Crippen LogP contribution in [0, 0.1) is 0 Å². The van der Waals surface area contributed by atoms with Gasteiger partial charge in [0.15, 0.2) is 0 Å². The molecule has 3 N–H and O–H groups in total. The van der Waals surface area contributed by atoms with Gasteiger partial charge in [0.05, 0.1) is 11.4 Å². The van der Waals surface area contributed by atoms with Crippen molar-refractivity contribution in [3.8, 4) is 0 Å². The van der Waals surface area contributed by atoms with Gasteiger partial charge in [0.2, 0.25) is 0 Å². The molecule has 1 aromatic rings. The maximum atomic E-state index is 12.3. The number of carbonyl (C=O) groups excluding carboxylic acids is 1. The molecular formula is C18H29N3O2. The van der Waals surface area contributed by atoms with Crippen LogP contribution in [0.15, 0.2) is 24.3 Å². The minimum atomic E-state index is -0.452. The number of carbonyl (C=O) groups is 1. The van der Waals surface area contributed by atoms with Crippen LogP contribution in [0.5, 0.6) is 0 Å². The van der Waals surface area contributed by atoms with Gasteiger partial charge in [0, 0.05) is 18.6 Å². The molecule has 0 aromatic heterocycles. The average molecular weight is 319 g/mol. The van der Waals surface area contributed by atoms with Crippen molar-refractivity contribution in [2.24, 2.45) is 0 Å². The Morgan fingerprint density at radius 1 is 1.43 bits per heavy atom. The molecule has 1 heterocycles. The lowest BCUT2D eigenvalue weighted by Gasteiger charge is -2.30. The summed E-state index contributed by atoms with van der Waals surface area (Å²) in [4.78, 5) is 14.2. The lowest BCUT2D eigenvalue weighted by Crippen LogP contribution is -2.41. The van der Waals surface area contributed by atoms with E-state index in [9.17, 15) is 4.79 Å². The Bertz CT molecular complexity index is 539. The molecule has 0 spiro atoms. The minimum absolute atomic E-state index is 0.202. The third-order valence-corrected chi connectivity index (χ3v) is 3.99. The molecule has 5 heteroatoms. The number of nitrogens with two attached hydrogens (primary N) is 1. The Hall–Kier alpha value is -1.91. The Morgan fingerprint density at radius 3 is 2.78 bits per heavy atom. The van der Waals surface area contributed by atoms with E-state index in [4.69, 9.17) is 10.5 Å². The van der Waals surface area contributed by atoms with Gasteiger partial charge < -0.3 is 20.7 Å². The van der Waals surface area contributed by atoms with Gasteiger partial charge in [-0.05, 0) is 59.1 Å². The summed E-state index contributed by atoms with van der Waals surface area (Å²) in [6.07, 6.45) is 2.74. The minimum Gasteiger partial charge on any atom is -0.444 e. The van der Waals surface area contributed by atoms with Crippen molar-refractivity contribution >= 4 is 17.5 Å². The molecule has 1 aromatic carbocycles. The topological polar surface area (TPSA) is 67.6 Å². The zero-order valence-electron chi connectivity index (χ0n) is 14.6. The Labute approximate surface area is 139 Å². The van der Waals surface area contributed by atoms with Crippen molar-refractivity contribution in [1.29, 1.82) is 0 Å². The van der Waals surface area contributed by atoms with Crippen LogP contribution >= 0.6 is 0 Å². The van der Waals surface area contributed by atoms with E-state index in [1.54, 1.807) is 0 Å². The third kappa shape index (κ3) is 5.05. The van der Waals surface area contributed by atoms with Gasteiger partial charge in [-0.1, -0.05) is 12.1 Å². The summed E-state index contributed by atoms with van der Waals surface area (Å²) in [6, 6.07) is 8.20. The number of likely N-dealkylation sites (tertiary alicyclic amines) is 1. The molecule has 1 fully saturated rings. The summed E-state index contributed by atoms with van der Waals surface area (Å²) in [7, 11) is 0. The highest BCUT2D eigenvalue weighted by Gasteiger charge is 2.32. The summed E-state index contributed by atoms with van der Waals surface area (Å²) < 4.78 is 5.52. The van der Waals surface area contributed by atoms with Crippen molar-refractivity contribution in [2.45, 2.75) is 64.6 Å². The molecule has 0 saturated carbocycles. The summed E-state index contributed by atoms with van der Waals surface area (Å²) in [5.74, 6) is 0. The quantitative estimate of drug-likeness (QED) is 0.827. The highest BCUT2D eigenvalue weighted by molar-refractivity contribution is 5.69. The van der Waals surface area contributed by atoms with E-state index in [0.717, 1.165) is 37.2 Å². The number of hydrogen-bond acceptors (Lipinski definition) is 4. The van der Waals surface area contributed by atoms with Gasteiger partial charge >= 0.3 is 6.09 Å². The zero-order valence-corrected chi connectivity index (χ0v) is 14.6. The predicted octanol–water partition coefficient (Wildman–Crippen LogP) is 3.86. The largest absolute Gasteiger partial charge is 0.444 e. The molecule has 2 rings (SSSR count). The lowest BCUT2D eigenvalue weighted by molar-refractivity contribution is 0.0218. The first kappa shape index (κ1) is 17.4. The number of ether oxygens (including phenoxy) is 1. The van der Waals surface area contributed by atoms with Crippen molar-refractivity contribution in [3.05, 3.63) is 24.3 Å². The molecule has 1 aliphatic heterocycles. The van der Waals surface area contributed by atoms with Gasteiger partial charge in [-0.15, -0.1) is 0 Å². The van der Waals surface area contributed by atoms with Crippen LogP contribution in [-0.2, 0) is 4.74 Å². The van der Waals surface area contributed by atoms with E-state index in [1.165, 1.54) is 0 Å². The Morgan fingerprint density at radius 2 is 2.13 bits per heavy atom. The standard InChI is InChI=1S/C18H29N3O2/c1-13(20-16-10-6-5-9-15(16)19)12-14-8-7-11-21(14)17(22)23-18(2,3)4/h5-6,9-10,13-14,20H,7-8,11-12,19H2,1-4H3/t13-,14-/m0/s1. The molecule has 0 bridgehead atoms. The maximum absolute atomic E-state index is 12.3. The van der Waals surface area contributed by atoms with Crippen molar-refractivity contribution in [2.75, 3.05) is 17.6 Å². The van der Waals surface area contributed by atoms with Crippen LogP contribution in [0.4, 0.5) is 16.2 Å². The van der Waals surface area contributed by atoms with Crippen molar-refractivity contribution in [1.82, 2.24) is 4.90 Å². The second-order valence-electron chi connectivity index (χ2n) is 7.34. The number of anilines is 2. The molecule has 1 amide bonds. The fourth-order valence-electron chi connectivity index (χ4n) is 3.00. The van der Waals surface area contributed by atoms with E-state index in [2.05, 4.69) is 12.2 Å². The highest BCUT2D eigenvalue weighted by Crippen LogP contribution is 2.26. The van der Waals surface area contributed by atoms with E-state index in [1.807, 2.05) is 49.9 Å². The fraction of sp³-hybridized carbons (Fsp3) is 0.611. The smallest absolute Gasteiger partial charge is 0.410 e. The molecule has 0 unspecified atom stereocenters. The first-order valence-corrected chi connectivity index (χ1v) is 8.37.